The maximum Gasteiger partial charge on any atom is 0.252 e. The van der Waals surface area contributed by atoms with Gasteiger partial charge in [-0.05, 0) is 49.1 Å². The molecule has 3 fully saturated rings. The second-order valence-electron chi connectivity index (χ2n) is 10.1. The number of aliphatic imine (C=N–C) groups is 1. The maximum absolute atomic E-state index is 13.9. The van der Waals surface area contributed by atoms with E-state index < -0.39 is 35.9 Å². The van der Waals surface area contributed by atoms with E-state index in [2.05, 4.69) is 10.1 Å². The summed E-state index contributed by atoms with van der Waals surface area (Å²) < 4.78 is 25.6. The highest BCUT2D eigenvalue weighted by molar-refractivity contribution is 6.32. The van der Waals surface area contributed by atoms with Crippen LogP contribution in [0.25, 0.3) is 10.9 Å². The first-order chi connectivity index (χ1) is 17.3. The molecule has 6 rings (SSSR count). The number of aliphatic hydroxyl groups excluding tert-OH is 1. The molecule has 3 N–H and O–H groups in total. The van der Waals surface area contributed by atoms with Gasteiger partial charge in [-0.2, -0.15) is 5.10 Å². The molecule has 2 atom stereocenters. The number of alkyl halides is 1. The summed E-state index contributed by atoms with van der Waals surface area (Å²) in [4.78, 5) is 23.3. The van der Waals surface area contributed by atoms with Crippen LogP contribution in [0.2, 0.25) is 0 Å². The van der Waals surface area contributed by atoms with E-state index in [0.29, 0.717) is 37.5 Å². The van der Waals surface area contributed by atoms with E-state index in [0.717, 1.165) is 22.9 Å². The van der Waals surface area contributed by atoms with Crippen LogP contribution in [0, 0.1) is 0 Å². The maximum atomic E-state index is 13.9. The van der Waals surface area contributed by atoms with Gasteiger partial charge in [0.05, 0.1) is 29.8 Å². The van der Waals surface area contributed by atoms with Crippen molar-refractivity contribution in [1.29, 1.82) is 0 Å². The van der Waals surface area contributed by atoms with Gasteiger partial charge in [0, 0.05) is 37.2 Å². The van der Waals surface area contributed by atoms with Gasteiger partial charge in [0.1, 0.15) is 30.3 Å². The number of halogens is 1. The van der Waals surface area contributed by atoms with Crippen molar-refractivity contribution in [3.63, 3.8) is 0 Å². The molecule has 1 aromatic carbocycles. The molecule has 2 aromatic rings. The molecule has 36 heavy (non-hydrogen) atoms. The van der Waals surface area contributed by atoms with E-state index in [9.17, 15) is 14.3 Å². The zero-order chi connectivity index (χ0) is 25.5. The lowest BCUT2D eigenvalue weighted by atomic mass is 9.68. The Hall–Kier alpha value is -3.11. The first kappa shape index (κ1) is 24.6. The fraction of sp³-hybridized carbons (Fsp3) is 0.538. The number of nitrogens with two attached hydrogens (primary N) is 1. The average Bonchev–Trinajstić information content (AvgIpc) is 3.39. The van der Waals surface area contributed by atoms with Gasteiger partial charge < -0.3 is 25.3 Å². The molecule has 1 saturated carbocycles. The van der Waals surface area contributed by atoms with Gasteiger partial charge in [-0.1, -0.05) is 6.92 Å². The number of aliphatic hydroxyl groups is 1. The zero-order valence-electron chi connectivity index (χ0n) is 20.6. The van der Waals surface area contributed by atoms with Crippen LogP contribution in [0.15, 0.2) is 34.5 Å². The molecule has 3 aliphatic heterocycles. The summed E-state index contributed by atoms with van der Waals surface area (Å²) in [5, 5.41) is 14.9. The molecule has 4 heterocycles. The summed E-state index contributed by atoms with van der Waals surface area (Å²) in [5.74, 6) is 5.90. The number of nitrogens with zero attached hydrogens (tertiary/aromatic N) is 4. The predicted octanol–water partition coefficient (Wildman–Crippen LogP) is 2.31. The van der Waals surface area contributed by atoms with Crippen molar-refractivity contribution in [2.45, 2.75) is 69.4 Å². The van der Waals surface area contributed by atoms with Crippen LogP contribution in [-0.4, -0.2) is 75.9 Å². The fourth-order valence-electron chi connectivity index (χ4n) is 5.73. The number of ether oxygens (including phenoxy) is 2. The van der Waals surface area contributed by atoms with Crippen LogP contribution in [-0.2, 0) is 22.6 Å². The van der Waals surface area contributed by atoms with Gasteiger partial charge in [0.2, 0.25) is 0 Å². The highest BCUT2D eigenvalue weighted by Gasteiger charge is 2.67. The minimum Gasteiger partial charge on any atom is -0.484 e. The number of hydrogen-bond acceptors (Lipinski definition) is 8. The summed E-state index contributed by atoms with van der Waals surface area (Å²) in [6.45, 7) is 4.41. The van der Waals surface area contributed by atoms with Crippen LogP contribution in [0.5, 0.6) is 5.75 Å². The number of pyridine rings is 1. The van der Waals surface area contributed by atoms with Crippen molar-refractivity contribution < 1.29 is 23.8 Å². The first-order valence-corrected chi connectivity index (χ1v) is 12.4. The smallest absolute Gasteiger partial charge is 0.252 e. The molecule has 1 aliphatic carbocycles. The molecule has 1 amide bonds. The van der Waals surface area contributed by atoms with Crippen LogP contribution < -0.4 is 10.6 Å². The Labute approximate surface area is 209 Å². The van der Waals surface area contributed by atoms with Crippen molar-refractivity contribution in [1.82, 2.24) is 9.88 Å². The number of amides is 1. The molecule has 0 radical (unpaired) electrons. The third-order valence-electron chi connectivity index (χ3n) is 7.67. The second-order valence-corrected chi connectivity index (χ2v) is 10.1. The van der Waals surface area contributed by atoms with Crippen molar-refractivity contribution >= 4 is 28.7 Å². The highest BCUT2D eigenvalue weighted by atomic mass is 19.1. The Morgan fingerprint density at radius 1 is 1.44 bits per heavy atom. The van der Waals surface area contributed by atoms with Gasteiger partial charge >= 0.3 is 0 Å². The standard InChI is InChI=1S/C26H32FN5O4/c1-3-23(33)24(34)32-15-25(12-26(32,13-25)14-27)30-10-22(31-28)16(2)36-18-4-5-21-20(8-18)19-6-7-35-11-17(19)9-29-21/h4-5,8-10,16,23,33H,3,6-7,11-15,28H2,1-2H3/b30-10?,31-22+/t16-,23?,25?,26?/m1/s1. The number of aromatic nitrogens is 1. The second kappa shape index (κ2) is 9.40. The summed E-state index contributed by atoms with van der Waals surface area (Å²) >= 11 is 0. The lowest BCUT2D eigenvalue weighted by Gasteiger charge is -2.44. The normalized spacial score (nSPS) is 27.1. The molecule has 1 aromatic heterocycles. The van der Waals surface area contributed by atoms with Gasteiger partial charge in [-0.15, -0.1) is 0 Å². The molecule has 1 unspecified atom stereocenters. The summed E-state index contributed by atoms with van der Waals surface area (Å²) in [6, 6.07) is 5.77. The predicted molar refractivity (Wildman–Crippen MR) is 134 cm³/mol. The van der Waals surface area contributed by atoms with Crippen molar-refractivity contribution in [3.8, 4) is 5.75 Å². The van der Waals surface area contributed by atoms with E-state index in [4.69, 9.17) is 20.3 Å². The number of hydrogen-bond donors (Lipinski definition) is 2. The van der Waals surface area contributed by atoms with Crippen molar-refractivity contribution in [3.05, 3.63) is 35.5 Å². The molecule has 0 spiro atoms. The Kier molecular flexibility index (Phi) is 6.42. The molecule has 9 nitrogen and oxygen atoms in total. The quantitative estimate of drug-likeness (QED) is 0.328. The molecule has 10 heteroatoms. The molecular formula is C26H32FN5O4. The molecular weight excluding hydrogens is 465 g/mol. The minimum absolute atomic E-state index is 0.267. The number of carbonyl (C=O) groups excluding carboxylic acids is 1. The van der Waals surface area contributed by atoms with Crippen LogP contribution in [0.1, 0.15) is 44.2 Å². The zero-order valence-corrected chi connectivity index (χ0v) is 20.6. The first-order valence-electron chi connectivity index (χ1n) is 12.4. The number of hydrazone groups is 1. The number of fused-ring (bicyclic) bond motifs is 4. The van der Waals surface area contributed by atoms with E-state index in [1.165, 1.54) is 10.5 Å². The van der Waals surface area contributed by atoms with Gasteiger partial charge in [-0.3, -0.25) is 14.8 Å². The van der Waals surface area contributed by atoms with Gasteiger partial charge in [-0.25, -0.2) is 4.39 Å². The van der Waals surface area contributed by atoms with Crippen LogP contribution >= 0.6 is 0 Å². The Morgan fingerprint density at radius 3 is 2.97 bits per heavy atom. The van der Waals surface area contributed by atoms with Gasteiger partial charge in [0.15, 0.2) is 0 Å². The van der Waals surface area contributed by atoms with Crippen LogP contribution in [0.3, 0.4) is 0 Å². The molecule has 2 bridgehead atoms. The number of benzene rings is 1. The van der Waals surface area contributed by atoms with Crippen LogP contribution in [0.4, 0.5) is 4.39 Å². The Balaban J connectivity index is 1.30. The lowest BCUT2D eigenvalue weighted by molar-refractivity contribution is -0.144. The monoisotopic (exact) mass is 497 g/mol. The van der Waals surface area contributed by atoms with E-state index >= 15 is 0 Å². The van der Waals surface area contributed by atoms with Crippen molar-refractivity contribution in [2.24, 2.45) is 15.9 Å². The Morgan fingerprint density at radius 2 is 2.25 bits per heavy atom. The Bertz CT molecular complexity index is 1230. The topological polar surface area (TPSA) is 123 Å². The minimum atomic E-state index is -1.13. The molecule has 192 valence electrons. The largest absolute Gasteiger partial charge is 0.484 e. The van der Waals surface area contributed by atoms with E-state index in [1.54, 1.807) is 13.1 Å². The highest BCUT2D eigenvalue weighted by Crippen LogP contribution is 2.56. The van der Waals surface area contributed by atoms with E-state index in [1.807, 2.05) is 31.3 Å². The van der Waals surface area contributed by atoms with Crippen molar-refractivity contribution in [2.75, 3.05) is 19.8 Å². The number of rotatable bonds is 8. The molecule has 2 saturated heterocycles. The lowest BCUT2D eigenvalue weighted by Crippen LogP contribution is -2.56. The molecule has 4 aliphatic rings. The fourth-order valence-corrected chi connectivity index (χ4v) is 5.73. The van der Waals surface area contributed by atoms with E-state index in [-0.39, 0.29) is 13.0 Å². The third kappa shape index (κ3) is 4.12. The summed E-state index contributed by atoms with van der Waals surface area (Å²) in [5.41, 5.74) is 2.18. The summed E-state index contributed by atoms with van der Waals surface area (Å²) in [6.07, 6.45) is 3.76. The number of carbonyl (C=O) groups is 1. The van der Waals surface area contributed by atoms with Gasteiger partial charge in [0.25, 0.3) is 5.91 Å². The SMILES string of the molecule is CCC(O)C(=O)N1CC2(N=C/C(=N\N)[C@@H](C)Oc3ccc4ncc5c(c4c3)CCOC5)CC1(CF)C2. The summed E-state index contributed by atoms with van der Waals surface area (Å²) in [7, 11) is 0. The third-order valence-corrected chi connectivity index (χ3v) is 7.67. The average molecular weight is 498 g/mol.